The molecule has 10 nitrogen and oxygen atoms in total. The highest BCUT2D eigenvalue weighted by Gasteiger charge is 2.30. The molecule has 11 heteroatoms. The predicted molar refractivity (Wildman–Crippen MR) is 153 cm³/mol. The van der Waals surface area contributed by atoms with Crippen molar-refractivity contribution in [2.75, 3.05) is 52.9 Å². The number of rotatable bonds is 11. The molecule has 1 saturated heterocycles. The Hall–Kier alpha value is -3.28. The molecule has 2 aromatic carbocycles. The van der Waals surface area contributed by atoms with Gasteiger partial charge >= 0.3 is 0 Å². The number of nitro benzene ring substituents is 1. The molecule has 0 spiro atoms. The summed E-state index contributed by atoms with van der Waals surface area (Å²) in [5, 5.41) is 10.9. The topological polar surface area (TPSA) is 113 Å². The van der Waals surface area contributed by atoms with Gasteiger partial charge in [0, 0.05) is 69.4 Å². The Labute approximate surface area is 236 Å². The van der Waals surface area contributed by atoms with Crippen LogP contribution < -0.4 is 4.74 Å². The number of hydrogen-bond donors (Lipinski definition) is 0. The number of para-hydroxylation sites is 1. The lowest BCUT2D eigenvalue weighted by Crippen LogP contribution is -2.51. The van der Waals surface area contributed by atoms with Gasteiger partial charge in [-0.25, -0.2) is 8.42 Å². The summed E-state index contributed by atoms with van der Waals surface area (Å²) in [6.07, 6.45) is 9.23. The van der Waals surface area contributed by atoms with Gasteiger partial charge in [0.1, 0.15) is 5.75 Å². The van der Waals surface area contributed by atoms with Crippen LogP contribution in [0.4, 0.5) is 5.69 Å². The number of benzene rings is 2. The van der Waals surface area contributed by atoms with E-state index in [1.165, 1.54) is 35.0 Å². The Morgan fingerprint density at radius 1 is 1.05 bits per heavy atom. The molecule has 0 atom stereocenters. The number of ether oxygens (including phenoxy) is 1. The van der Waals surface area contributed by atoms with Crippen LogP contribution >= 0.6 is 0 Å². The van der Waals surface area contributed by atoms with E-state index in [9.17, 15) is 23.3 Å². The van der Waals surface area contributed by atoms with E-state index in [4.69, 9.17) is 4.74 Å². The van der Waals surface area contributed by atoms with Crippen LogP contribution in [0.15, 0.2) is 59.5 Å². The average molecular weight is 571 g/mol. The smallest absolute Gasteiger partial charge is 0.269 e. The molecule has 0 unspecified atom stereocenters. The number of nitrogens with zero attached hydrogens (tertiary/aromatic N) is 4. The summed E-state index contributed by atoms with van der Waals surface area (Å²) in [4.78, 5) is 28.0. The van der Waals surface area contributed by atoms with Crippen LogP contribution in [-0.2, 0) is 14.8 Å². The van der Waals surface area contributed by atoms with Gasteiger partial charge in [0.2, 0.25) is 15.9 Å². The zero-order chi connectivity index (χ0) is 28.5. The van der Waals surface area contributed by atoms with Crippen molar-refractivity contribution in [3.05, 3.63) is 70.3 Å². The monoisotopic (exact) mass is 570 g/mol. The molecule has 1 aliphatic heterocycles. The lowest BCUT2D eigenvalue weighted by molar-refractivity contribution is -0.384. The highest BCUT2D eigenvalue weighted by Crippen LogP contribution is 2.26. The Morgan fingerprint density at radius 3 is 2.38 bits per heavy atom. The summed E-state index contributed by atoms with van der Waals surface area (Å²) in [5.41, 5.74) is 0.814. The Morgan fingerprint density at radius 2 is 1.73 bits per heavy atom. The minimum absolute atomic E-state index is 0.0534. The first-order valence-electron chi connectivity index (χ1n) is 13.8. The van der Waals surface area contributed by atoms with E-state index in [2.05, 4.69) is 4.90 Å². The molecule has 2 aromatic rings. The molecular formula is C29H38N4O6S. The second kappa shape index (κ2) is 13.9. The van der Waals surface area contributed by atoms with Crippen LogP contribution in [0.2, 0.25) is 0 Å². The molecule has 0 N–H and O–H groups in total. The van der Waals surface area contributed by atoms with Gasteiger partial charge in [0.25, 0.3) is 5.69 Å². The van der Waals surface area contributed by atoms with E-state index in [0.29, 0.717) is 45.8 Å². The third kappa shape index (κ3) is 7.47. The second-order valence-electron chi connectivity index (χ2n) is 10.3. The van der Waals surface area contributed by atoms with Crippen LogP contribution in [0.1, 0.15) is 37.7 Å². The minimum Gasteiger partial charge on any atom is -0.496 e. The van der Waals surface area contributed by atoms with E-state index in [0.717, 1.165) is 37.0 Å². The number of carbonyl (C=O) groups is 1. The van der Waals surface area contributed by atoms with Gasteiger partial charge in [0.05, 0.1) is 16.9 Å². The van der Waals surface area contributed by atoms with Crippen molar-refractivity contribution in [2.24, 2.45) is 5.92 Å². The molecule has 2 aliphatic rings. The molecule has 2 fully saturated rings. The maximum Gasteiger partial charge on any atom is 0.269 e. The number of piperazine rings is 1. The predicted octanol–water partition coefficient (Wildman–Crippen LogP) is 4.03. The van der Waals surface area contributed by atoms with E-state index >= 15 is 0 Å². The Kier molecular flexibility index (Phi) is 10.3. The second-order valence-corrected chi connectivity index (χ2v) is 12.2. The highest BCUT2D eigenvalue weighted by atomic mass is 32.2. The number of sulfonamides is 1. The summed E-state index contributed by atoms with van der Waals surface area (Å²) in [5.74, 6) is 1.05. The first-order chi connectivity index (χ1) is 19.3. The fraction of sp³-hybridized carbons (Fsp3) is 0.483. The Balaban J connectivity index is 1.35. The lowest BCUT2D eigenvalue weighted by Gasteiger charge is -2.36. The SMILES string of the molecule is COc1ccccc1/C=C/CN(CCN1CCN(S(=O)(=O)c2ccc([N+](=O)[O-])cc2)CC1)C(=O)C1CCCCC1. The largest absolute Gasteiger partial charge is 0.496 e. The normalized spacial score (nSPS) is 17.6. The van der Waals surface area contributed by atoms with Gasteiger partial charge in [-0.15, -0.1) is 0 Å². The van der Waals surface area contributed by atoms with Crippen molar-refractivity contribution in [3.63, 3.8) is 0 Å². The van der Waals surface area contributed by atoms with E-state index < -0.39 is 14.9 Å². The van der Waals surface area contributed by atoms with Crippen molar-refractivity contribution < 1.29 is 22.9 Å². The minimum atomic E-state index is -3.73. The van der Waals surface area contributed by atoms with Crippen LogP contribution in [0.25, 0.3) is 6.08 Å². The maximum atomic E-state index is 13.5. The molecule has 1 amide bonds. The molecule has 0 bridgehead atoms. The number of hydrogen-bond acceptors (Lipinski definition) is 7. The first kappa shape index (κ1) is 29.7. The fourth-order valence-corrected chi connectivity index (χ4v) is 6.78. The molecule has 0 aromatic heterocycles. The average Bonchev–Trinajstić information content (AvgIpc) is 2.99. The van der Waals surface area contributed by atoms with Gasteiger partial charge in [-0.3, -0.25) is 19.8 Å². The molecule has 1 heterocycles. The molecule has 1 saturated carbocycles. The van der Waals surface area contributed by atoms with Crippen molar-refractivity contribution >= 4 is 27.7 Å². The van der Waals surface area contributed by atoms with E-state index in [1.807, 2.05) is 41.3 Å². The van der Waals surface area contributed by atoms with Crippen molar-refractivity contribution in [1.82, 2.24) is 14.1 Å². The van der Waals surface area contributed by atoms with Crippen LogP contribution in [-0.4, -0.2) is 86.3 Å². The third-order valence-corrected chi connectivity index (χ3v) is 9.64. The zero-order valence-corrected chi connectivity index (χ0v) is 23.8. The summed E-state index contributed by atoms with van der Waals surface area (Å²) in [6.45, 7) is 3.48. The van der Waals surface area contributed by atoms with Crippen LogP contribution in [0, 0.1) is 16.0 Å². The summed E-state index contributed by atoms with van der Waals surface area (Å²) in [7, 11) is -2.09. The van der Waals surface area contributed by atoms with E-state index in [-0.39, 0.29) is 22.4 Å². The summed E-state index contributed by atoms with van der Waals surface area (Å²) >= 11 is 0. The summed E-state index contributed by atoms with van der Waals surface area (Å²) < 4.78 is 33.0. The molecular weight excluding hydrogens is 532 g/mol. The third-order valence-electron chi connectivity index (χ3n) is 7.73. The van der Waals surface area contributed by atoms with Gasteiger partial charge in [0.15, 0.2) is 0 Å². The standard InChI is InChI=1S/C29H38N4O6S/c1-39-28-12-6-5-8-24(28)11-7-17-31(29(34)25-9-3-2-4-10-25)21-18-30-19-22-32(23-20-30)40(37,38)27-15-13-26(14-16-27)33(35)36/h5-8,11-16,25H,2-4,9-10,17-23H2,1H3/b11-7+. The maximum absolute atomic E-state index is 13.5. The van der Waals surface area contributed by atoms with Crippen LogP contribution in [0.3, 0.4) is 0 Å². The molecule has 4 rings (SSSR count). The molecule has 1 aliphatic carbocycles. The quantitative estimate of drug-likeness (QED) is 0.296. The van der Waals surface area contributed by atoms with Gasteiger partial charge in [-0.1, -0.05) is 49.6 Å². The zero-order valence-electron chi connectivity index (χ0n) is 23.0. The summed E-state index contributed by atoms with van der Waals surface area (Å²) in [6, 6.07) is 12.8. The van der Waals surface area contributed by atoms with Gasteiger partial charge in [-0.05, 0) is 31.0 Å². The molecule has 216 valence electrons. The Bertz CT molecular complexity index is 1280. The lowest BCUT2D eigenvalue weighted by atomic mass is 9.88. The van der Waals surface area contributed by atoms with Crippen LogP contribution in [0.5, 0.6) is 5.75 Å². The highest BCUT2D eigenvalue weighted by molar-refractivity contribution is 7.89. The number of carbonyl (C=O) groups excluding carboxylic acids is 1. The van der Waals surface area contributed by atoms with Crippen molar-refractivity contribution in [3.8, 4) is 5.75 Å². The number of amides is 1. The molecule has 40 heavy (non-hydrogen) atoms. The first-order valence-corrected chi connectivity index (χ1v) is 15.3. The van der Waals surface area contributed by atoms with Crippen molar-refractivity contribution in [2.45, 2.75) is 37.0 Å². The fourth-order valence-electron chi connectivity index (χ4n) is 5.35. The molecule has 0 radical (unpaired) electrons. The van der Waals surface area contributed by atoms with Gasteiger partial charge < -0.3 is 9.64 Å². The number of nitro groups is 1. The number of methoxy groups -OCH3 is 1. The van der Waals surface area contributed by atoms with E-state index in [1.54, 1.807) is 7.11 Å². The van der Waals surface area contributed by atoms with Gasteiger partial charge in [-0.2, -0.15) is 4.31 Å². The van der Waals surface area contributed by atoms with Crippen molar-refractivity contribution in [1.29, 1.82) is 0 Å². The number of non-ortho nitro benzene ring substituents is 1.